The third-order valence-electron chi connectivity index (χ3n) is 3.31. The van der Waals surface area contributed by atoms with Crippen LogP contribution in [0, 0.1) is 12.7 Å². The molecule has 1 aliphatic rings. The van der Waals surface area contributed by atoms with E-state index in [0.29, 0.717) is 18.7 Å². The molecule has 0 amide bonds. The summed E-state index contributed by atoms with van der Waals surface area (Å²) >= 11 is 0. The monoisotopic (exact) mass is 238 g/mol. The molecule has 0 radical (unpaired) electrons. The quantitative estimate of drug-likeness (QED) is 0.848. The first-order valence-electron chi connectivity index (χ1n) is 5.91. The number of halogens is 1. The summed E-state index contributed by atoms with van der Waals surface area (Å²) in [6.45, 7) is 3.82. The van der Waals surface area contributed by atoms with Gasteiger partial charge in [0.25, 0.3) is 0 Å². The van der Waals surface area contributed by atoms with E-state index in [9.17, 15) is 4.39 Å². The summed E-state index contributed by atoms with van der Waals surface area (Å²) < 4.78 is 19.5. The van der Waals surface area contributed by atoms with E-state index in [1.807, 2.05) is 20.0 Å². The zero-order chi connectivity index (χ0) is 12.4. The second-order valence-corrected chi connectivity index (χ2v) is 4.60. The summed E-state index contributed by atoms with van der Waals surface area (Å²) in [5.41, 5.74) is 7.44. The van der Waals surface area contributed by atoms with Gasteiger partial charge in [-0.3, -0.25) is 4.90 Å². The topological polar surface area (TPSA) is 38.5 Å². The minimum absolute atomic E-state index is 0.0892. The maximum atomic E-state index is 13.9. The molecule has 0 spiro atoms. The van der Waals surface area contributed by atoms with Crippen molar-refractivity contribution in [2.24, 2.45) is 5.73 Å². The summed E-state index contributed by atoms with van der Waals surface area (Å²) in [6.07, 6.45) is -0.134. The predicted molar refractivity (Wildman–Crippen MR) is 65.3 cm³/mol. The molecule has 2 rings (SSSR count). The second-order valence-electron chi connectivity index (χ2n) is 4.60. The van der Waals surface area contributed by atoms with Crippen LogP contribution in [0.25, 0.3) is 0 Å². The van der Waals surface area contributed by atoms with Gasteiger partial charge in [-0.15, -0.1) is 0 Å². The third-order valence-corrected chi connectivity index (χ3v) is 3.31. The molecule has 1 aliphatic heterocycles. The number of nitrogens with zero attached hydrogens (tertiary/aromatic N) is 1. The van der Waals surface area contributed by atoms with Crippen LogP contribution in [0.4, 0.5) is 4.39 Å². The molecule has 17 heavy (non-hydrogen) atoms. The Hall–Kier alpha value is -0.970. The van der Waals surface area contributed by atoms with E-state index in [1.54, 1.807) is 6.07 Å². The van der Waals surface area contributed by atoms with Crippen LogP contribution in [0.5, 0.6) is 0 Å². The van der Waals surface area contributed by atoms with Crippen molar-refractivity contribution >= 4 is 0 Å². The number of hydrogen-bond donors (Lipinski definition) is 1. The largest absolute Gasteiger partial charge is 0.374 e. The SMILES string of the molecule is Cc1ccc(F)c(C2C(CN)OCCN2C)c1. The normalized spacial score (nSPS) is 26.1. The fraction of sp³-hybridized carbons (Fsp3) is 0.538. The van der Waals surface area contributed by atoms with Crippen LogP contribution in [-0.2, 0) is 4.74 Å². The lowest BCUT2D eigenvalue weighted by molar-refractivity contribution is -0.0586. The van der Waals surface area contributed by atoms with E-state index < -0.39 is 0 Å². The van der Waals surface area contributed by atoms with Gasteiger partial charge in [-0.2, -0.15) is 0 Å². The molecule has 0 aliphatic carbocycles. The Balaban J connectivity index is 2.37. The highest BCUT2D eigenvalue weighted by atomic mass is 19.1. The fourth-order valence-electron chi connectivity index (χ4n) is 2.39. The van der Waals surface area contributed by atoms with E-state index in [2.05, 4.69) is 4.90 Å². The van der Waals surface area contributed by atoms with Crippen LogP contribution in [-0.4, -0.2) is 37.7 Å². The number of ether oxygens (including phenoxy) is 1. The maximum Gasteiger partial charge on any atom is 0.128 e. The van der Waals surface area contributed by atoms with Crippen molar-refractivity contribution in [2.45, 2.75) is 19.1 Å². The van der Waals surface area contributed by atoms with E-state index in [0.717, 1.165) is 12.1 Å². The Kier molecular flexibility index (Phi) is 3.76. The summed E-state index contributed by atoms with van der Waals surface area (Å²) in [6, 6.07) is 5.09. The maximum absolute atomic E-state index is 13.9. The fourth-order valence-corrected chi connectivity index (χ4v) is 2.39. The molecule has 2 N–H and O–H groups in total. The lowest BCUT2D eigenvalue weighted by Crippen LogP contribution is -2.46. The van der Waals surface area contributed by atoms with Gasteiger partial charge in [-0.05, 0) is 20.0 Å². The zero-order valence-electron chi connectivity index (χ0n) is 10.3. The molecule has 94 valence electrons. The lowest BCUT2D eigenvalue weighted by atomic mass is 9.96. The first-order valence-corrected chi connectivity index (χ1v) is 5.91. The smallest absolute Gasteiger partial charge is 0.128 e. The molecule has 1 saturated heterocycles. The second kappa shape index (κ2) is 5.12. The number of rotatable bonds is 2. The Morgan fingerprint density at radius 2 is 2.29 bits per heavy atom. The van der Waals surface area contributed by atoms with E-state index in [-0.39, 0.29) is 18.0 Å². The van der Waals surface area contributed by atoms with E-state index >= 15 is 0 Å². The third kappa shape index (κ3) is 2.49. The Morgan fingerprint density at radius 1 is 1.53 bits per heavy atom. The molecule has 1 heterocycles. The Morgan fingerprint density at radius 3 is 3.00 bits per heavy atom. The summed E-state index contributed by atoms with van der Waals surface area (Å²) in [7, 11) is 1.98. The van der Waals surface area contributed by atoms with Crippen LogP contribution in [0.1, 0.15) is 17.2 Å². The molecule has 0 aromatic heterocycles. The lowest BCUT2D eigenvalue weighted by Gasteiger charge is -2.39. The minimum Gasteiger partial charge on any atom is -0.374 e. The first kappa shape index (κ1) is 12.5. The van der Waals surface area contributed by atoms with Crippen LogP contribution in [0.3, 0.4) is 0 Å². The molecule has 3 nitrogen and oxygen atoms in total. The number of likely N-dealkylation sites (N-methyl/N-ethyl adjacent to an activating group) is 1. The van der Waals surface area contributed by atoms with Crippen molar-refractivity contribution in [3.63, 3.8) is 0 Å². The molecular formula is C13H19FN2O. The van der Waals surface area contributed by atoms with Gasteiger partial charge in [-0.1, -0.05) is 17.7 Å². The van der Waals surface area contributed by atoms with Gasteiger partial charge < -0.3 is 10.5 Å². The van der Waals surface area contributed by atoms with Crippen LogP contribution in [0.15, 0.2) is 18.2 Å². The van der Waals surface area contributed by atoms with Gasteiger partial charge in [0.05, 0.1) is 18.8 Å². The van der Waals surface area contributed by atoms with Gasteiger partial charge in [0.15, 0.2) is 0 Å². The van der Waals surface area contributed by atoms with E-state index in [4.69, 9.17) is 10.5 Å². The zero-order valence-corrected chi connectivity index (χ0v) is 10.3. The number of morpholine rings is 1. The van der Waals surface area contributed by atoms with Crippen molar-refractivity contribution in [2.75, 3.05) is 26.7 Å². The molecule has 2 atom stereocenters. The van der Waals surface area contributed by atoms with Gasteiger partial charge in [-0.25, -0.2) is 4.39 Å². The average molecular weight is 238 g/mol. The number of hydrogen-bond acceptors (Lipinski definition) is 3. The molecule has 0 bridgehead atoms. The van der Waals surface area contributed by atoms with Crippen LogP contribution >= 0.6 is 0 Å². The van der Waals surface area contributed by atoms with Crippen molar-refractivity contribution in [1.29, 1.82) is 0 Å². The molecule has 2 unspecified atom stereocenters. The molecule has 1 fully saturated rings. The highest BCUT2D eigenvalue weighted by molar-refractivity contribution is 5.28. The van der Waals surface area contributed by atoms with Gasteiger partial charge >= 0.3 is 0 Å². The molecule has 1 aromatic carbocycles. The molecule has 4 heteroatoms. The van der Waals surface area contributed by atoms with Gasteiger partial charge in [0.2, 0.25) is 0 Å². The van der Waals surface area contributed by atoms with Crippen LogP contribution < -0.4 is 5.73 Å². The molecule has 1 aromatic rings. The molecular weight excluding hydrogens is 219 g/mol. The molecule has 0 saturated carbocycles. The van der Waals surface area contributed by atoms with E-state index in [1.165, 1.54) is 6.07 Å². The van der Waals surface area contributed by atoms with Crippen molar-refractivity contribution in [1.82, 2.24) is 4.90 Å². The summed E-state index contributed by atoms with van der Waals surface area (Å²) in [5.74, 6) is -0.184. The predicted octanol–water partition coefficient (Wildman–Crippen LogP) is 1.46. The summed E-state index contributed by atoms with van der Waals surface area (Å²) in [5, 5.41) is 0. The Bertz CT molecular complexity index is 397. The van der Waals surface area contributed by atoms with Gasteiger partial charge in [0, 0.05) is 18.7 Å². The van der Waals surface area contributed by atoms with Crippen molar-refractivity contribution < 1.29 is 9.13 Å². The number of aryl methyl sites for hydroxylation is 1. The highest BCUT2D eigenvalue weighted by Crippen LogP contribution is 2.30. The summed E-state index contributed by atoms with van der Waals surface area (Å²) in [4.78, 5) is 2.11. The van der Waals surface area contributed by atoms with Crippen molar-refractivity contribution in [3.05, 3.63) is 35.1 Å². The van der Waals surface area contributed by atoms with Gasteiger partial charge in [0.1, 0.15) is 5.82 Å². The number of nitrogens with two attached hydrogens (primary N) is 1. The first-order chi connectivity index (χ1) is 8.13. The Labute approximate surface area is 101 Å². The van der Waals surface area contributed by atoms with Crippen LogP contribution in [0.2, 0.25) is 0 Å². The minimum atomic E-state index is -0.184. The number of benzene rings is 1. The van der Waals surface area contributed by atoms with Crippen molar-refractivity contribution in [3.8, 4) is 0 Å². The standard InChI is InChI=1S/C13H19FN2O/c1-9-3-4-11(14)10(7-9)13-12(8-15)17-6-5-16(13)2/h3-4,7,12-13H,5-6,8,15H2,1-2H3. The highest BCUT2D eigenvalue weighted by Gasteiger charge is 2.32. The average Bonchev–Trinajstić information content (AvgIpc) is 2.32.